The molecule has 0 heterocycles. The van der Waals surface area contributed by atoms with Gasteiger partial charge in [0.2, 0.25) is 11.8 Å². The first-order valence-corrected chi connectivity index (χ1v) is 7.89. The lowest BCUT2D eigenvalue weighted by molar-refractivity contribution is -0.140. The van der Waals surface area contributed by atoms with E-state index >= 15 is 0 Å². The van der Waals surface area contributed by atoms with Gasteiger partial charge in [-0.25, -0.2) is 0 Å². The molecule has 1 rings (SSSR count). The first-order valence-electron chi connectivity index (χ1n) is 7.89. The van der Waals surface area contributed by atoms with Crippen LogP contribution >= 0.6 is 12.4 Å². The lowest BCUT2D eigenvalue weighted by Crippen LogP contribution is -2.45. The Morgan fingerprint density at radius 1 is 1.24 bits per heavy atom. The van der Waals surface area contributed by atoms with Crippen LogP contribution < -0.4 is 11.1 Å². The number of halogens is 1. The van der Waals surface area contributed by atoms with Gasteiger partial charge in [0.25, 0.3) is 0 Å². The SMILES string of the molecule is CCCNC(=O)CN(CCC)C(=O)[C@@H]1CCC[C@@H]1CN.Cl. The minimum Gasteiger partial charge on any atom is -0.355 e. The number of hydrogen-bond acceptors (Lipinski definition) is 3. The molecule has 0 aromatic heterocycles. The van der Waals surface area contributed by atoms with Crippen LogP contribution in [0.5, 0.6) is 0 Å². The Morgan fingerprint density at radius 3 is 2.52 bits per heavy atom. The average Bonchev–Trinajstić information content (AvgIpc) is 2.92. The molecule has 1 aliphatic rings. The first kappa shape index (κ1) is 20.2. The van der Waals surface area contributed by atoms with Gasteiger partial charge in [-0.15, -0.1) is 12.4 Å². The summed E-state index contributed by atoms with van der Waals surface area (Å²) in [5, 5.41) is 2.83. The Balaban J connectivity index is 0.00000400. The molecular weight excluding hydrogens is 290 g/mol. The maximum absolute atomic E-state index is 12.6. The van der Waals surface area contributed by atoms with E-state index in [9.17, 15) is 9.59 Å². The first-order chi connectivity index (χ1) is 9.63. The molecule has 0 radical (unpaired) electrons. The number of nitrogens with two attached hydrogens (primary N) is 1. The molecule has 2 atom stereocenters. The molecule has 2 amide bonds. The largest absolute Gasteiger partial charge is 0.355 e. The summed E-state index contributed by atoms with van der Waals surface area (Å²) in [6.07, 6.45) is 4.80. The summed E-state index contributed by atoms with van der Waals surface area (Å²) < 4.78 is 0. The van der Waals surface area contributed by atoms with Crippen LogP contribution in [0.25, 0.3) is 0 Å². The molecule has 0 unspecified atom stereocenters. The predicted octanol–water partition coefficient (Wildman–Crippen LogP) is 1.55. The van der Waals surface area contributed by atoms with Gasteiger partial charge in [-0.1, -0.05) is 20.3 Å². The highest BCUT2D eigenvalue weighted by atomic mass is 35.5. The lowest BCUT2D eigenvalue weighted by atomic mass is 9.94. The van der Waals surface area contributed by atoms with E-state index in [2.05, 4.69) is 5.32 Å². The van der Waals surface area contributed by atoms with Crippen molar-refractivity contribution in [1.82, 2.24) is 10.2 Å². The van der Waals surface area contributed by atoms with Gasteiger partial charge < -0.3 is 16.0 Å². The van der Waals surface area contributed by atoms with Gasteiger partial charge in [0.1, 0.15) is 0 Å². The third-order valence-electron chi connectivity index (χ3n) is 3.99. The van der Waals surface area contributed by atoms with E-state index in [1.165, 1.54) is 0 Å². The molecule has 1 fully saturated rings. The maximum Gasteiger partial charge on any atom is 0.239 e. The highest BCUT2D eigenvalue weighted by molar-refractivity contribution is 5.86. The third-order valence-corrected chi connectivity index (χ3v) is 3.99. The van der Waals surface area contributed by atoms with E-state index in [1.807, 2.05) is 13.8 Å². The van der Waals surface area contributed by atoms with Gasteiger partial charge in [-0.05, 0) is 38.1 Å². The minimum absolute atomic E-state index is 0. The molecule has 21 heavy (non-hydrogen) atoms. The van der Waals surface area contributed by atoms with E-state index in [-0.39, 0.29) is 36.7 Å². The van der Waals surface area contributed by atoms with Crippen molar-refractivity contribution < 1.29 is 9.59 Å². The van der Waals surface area contributed by atoms with Crippen molar-refractivity contribution in [3.05, 3.63) is 0 Å². The van der Waals surface area contributed by atoms with Gasteiger partial charge in [-0.2, -0.15) is 0 Å². The molecule has 1 aliphatic carbocycles. The predicted molar refractivity (Wildman–Crippen MR) is 87.3 cm³/mol. The van der Waals surface area contributed by atoms with E-state index in [0.717, 1.165) is 32.1 Å². The van der Waals surface area contributed by atoms with Crippen LogP contribution in [0.4, 0.5) is 0 Å². The highest BCUT2D eigenvalue weighted by Crippen LogP contribution is 2.32. The number of hydrogen-bond donors (Lipinski definition) is 2. The molecule has 0 spiro atoms. The normalized spacial score (nSPS) is 20.7. The minimum atomic E-state index is -0.0593. The standard InChI is InChI=1S/C15H29N3O2.ClH/c1-3-8-17-14(19)11-18(9-4-2)15(20)13-7-5-6-12(13)10-16;/h12-13H,3-11,16H2,1-2H3,(H,17,19);1H/t12-,13-;/m1./s1. The van der Waals surface area contributed by atoms with Gasteiger partial charge >= 0.3 is 0 Å². The van der Waals surface area contributed by atoms with E-state index in [4.69, 9.17) is 5.73 Å². The summed E-state index contributed by atoms with van der Waals surface area (Å²) in [5.74, 6) is 0.369. The number of nitrogens with one attached hydrogen (secondary N) is 1. The van der Waals surface area contributed by atoms with Crippen molar-refractivity contribution in [2.75, 3.05) is 26.2 Å². The monoisotopic (exact) mass is 319 g/mol. The van der Waals surface area contributed by atoms with Gasteiger partial charge in [0.15, 0.2) is 0 Å². The van der Waals surface area contributed by atoms with Crippen LogP contribution in [0.15, 0.2) is 0 Å². The Bertz CT molecular complexity index is 326. The summed E-state index contributed by atoms with van der Waals surface area (Å²) in [4.78, 5) is 26.1. The zero-order chi connectivity index (χ0) is 15.0. The van der Waals surface area contributed by atoms with Crippen molar-refractivity contribution in [3.63, 3.8) is 0 Å². The summed E-state index contributed by atoms with van der Waals surface area (Å²) in [6.45, 7) is 6.10. The smallest absolute Gasteiger partial charge is 0.239 e. The Morgan fingerprint density at radius 2 is 1.95 bits per heavy atom. The van der Waals surface area contributed by atoms with Gasteiger partial charge in [0, 0.05) is 19.0 Å². The van der Waals surface area contributed by atoms with Crippen LogP contribution in [0.2, 0.25) is 0 Å². The third kappa shape index (κ3) is 6.22. The van der Waals surface area contributed by atoms with E-state index < -0.39 is 0 Å². The molecule has 0 aliphatic heterocycles. The second kappa shape index (κ2) is 10.9. The molecule has 0 saturated heterocycles. The van der Waals surface area contributed by atoms with Crippen molar-refractivity contribution in [2.24, 2.45) is 17.6 Å². The molecule has 6 heteroatoms. The van der Waals surface area contributed by atoms with Crippen molar-refractivity contribution in [2.45, 2.75) is 46.0 Å². The van der Waals surface area contributed by atoms with E-state index in [1.54, 1.807) is 4.90 Å². The summed E-state index contributed by atoms with van der Waals surface area (Å²) in [6, 6.07) is 0. The Hall–Kier alpha value is -0.810. The second-order valence-electron chi connectivity index (χ2n) is 5.64. The number of amides is 2. The average molecular weight is 320 g/mol. The fourth-order valence-corrected chi connectivity index (χ4v) is 2.91. The lowest BCUT2D eigenvalue weighted by Gasteiger charge is -2.27. The molecule has 0 bridgehead atoms. The summed E-state index contributed by atoms with van der Waals surface area (Å²) in [5.41, 5.74) is 5.75. The Kier molecular flexibility index (Phi) is 10.4. The van der Waals surface area contributed by atoms with Crippen LogP contribution in [-0.4, -0.2) is 42.9 Å². The zero-order valence-electron chi connectivity index (χ0n) is 13.3. The molecule has 124 valence electrons. The van der Waals surface area contributed by atoms with Crippen molar-refractivity contribution >= 4 is 24.2 Å². The zero-order valence-corrected chi connectivity index (χ0v) is 14.1. The van der Waals surface area contributed by atoms with Crippen molar-refractivity contribution in [1.29, 1.82) is 0 Å². The molecule has 3 N–H and O–H groups in total. The fourth-order valence-electron chi connectivity index (χ4n) is 2.91. The molecule has 1 saturated carbocycles. The molecular formula is C15H30ClN3O2. The molecule has 0 aromatic carbocycles. The summed E-state index contributed by atoms with van der Waals surface area (Å²) in [7, 11) is 0. The topological polar surface area (TPSA) is 75.4 Å². The van der Waals surface area contributed by atoms with Gasteiger partial charge in [-0.3, -0.25) is 9.59 Å². The highest BCUT2D eigenvalue weighted by Gasteiger charge is 2.34. The second-order valence-corrected chi connectivity index (χ2v) is 5.64. The summed E-state index contributed by atoms with van der Waals surface area (Å²) >= 11 is 0. The Labute approximate surface area is 134 Å². The van der Waals surface area contributed by atoms with Crippen molar-refractivity contribution in [3.8, 4) is 0 Å². The number of carbonyl (C=O) groups is 2. The maximum atomic E-state index is 12.6. The van der Waals surface area contributed by atoms with Gasteiger partial charge in [0.05, 0.1) is 6.54 Å². The molecule has 0 aromatic rings. The number of rotatable bonds is 8. The van der Waals surface area contributed by atoms with Crippen LogP contribution in [0.1, 0.15) is 46.0 Å². The fraction of sp³-hybridized carbons (Fsp3) is 0.867. The number of nitrogens with zero attached hydrogens (tertiary/aromatic N) is 1. The van der Waals surface area contributed by atoms with Crippen LogP contribution in [-0.2, 0) is 9.59 Å². The molecule has 5 nitrogen and oxygen atoms in total. The number of carbonyl (C=O) groups excluding carboxylic acids is 2. The van der Waals surface area contributed by atoms with Crippen LogP contribution in [0, 0.1) is 11.8 Å². The van der Waals surface area contributed by atoms with E-state index in [0.29, 0.717) is 25.6 Å². The quantitative estimate of drug-likeness (QED) is 0.712. The van der Waals surface area contributed by atoms with Crippen LogP contribution in [0.3, 0.4) is 0 Å².